The zero-order valence-corrected chi connectivity index (χ0v) is 21.9. The highest BCUT2D eigenvalue weighted by Gasteiger charge is 2.35. The molecule has 198 valence electrons. The molecule has 1 fully saturated rings. The van der Waals surface area contributed by atoms with Crippen LogP contribution in [0.2, 0.25) is 0 Å². The summed E-state index contributed by atoms with van der Waals surface area (Å²) in [6.45, 7) is 0.893. The maximum Gasteiger partial charge on any atom is 0.281 e. The Labute approximate surface area is 219 Å². The summed E-state index contributed by atoms with van der Waals surface area (Å²) < 4.78 is 4.75. The van der Waals surface area contributed by atoms with E-state index < -0.39 is 5.60 Å². The Morgan fingerprint density at radius 2 is 2.00 bits per heavy atom. The second-order valence-corrected chi connectivity index (χ2v) is 10.6. The molecule has 2 aliphatic rings. The van der Waals surface area contributed by atoms with Crippen LogP contribution >= 0.6 is 0 Å². The first kappa shape index (κ1) is 24.5. The van der Waals surface area contributed by atoms with Crippen molar-refractivity contribution in [3.8, 4) is 11.3 Å². The normalized spacial score (nSPS) is 18.7. The molecule has 0 saturated carbocycles. The first-order valence-electron chi connectivity index (χ1n) is 13.0. The van der Waals surface area contributed by atoms with Gasteiger partial charge in [-0.2, -0.15) is 10.2 Å². The van der Waals surface area contributed by atoms with Crippen molar-refractivity contribution in [2.45, 2.75) is 43.9 Å². The van der Waals surface area contributed by atoms with Crippen LogP contribution < -0.4 is 10.9 Å². The Morgan fingerprint density at radius 3 is 2.71 bits per heavy atom. The van der Waals surface area contributed by atoms with E-state index in [1.54, 1.807) is 33.7 Å². The van der Waals surface area contributed by atoms with Crippen molar-refractivity contribution in [3.05, 3.63) is 64.0 Å². The van der Waals surface area contributed by atoms with Gasteiger partial charge in [-0.3, -0.25) is 23.5 Å². The maximum absolute atomic E-state index is 13.4. The minimum absolute atomic E-state index is 0.0971. The fourth-order valence-electron chi connectivity index (χ4n) is 5.91. The van der Waals surface area contributed by atoms with Gasteiger partial charge in [0.2, 0.25) is 0 Å². The number of benzene rings is 1. The molecule has 1 atom stereocenters. The van der Waals surface area contributed by atoms with Gasteiger partial charge in [0.05, 0.1) is 35.9 Å². The van der Waals surface area contributed by atoms with Gasteiger partial charge in [-0.1, -0.05) is 12.1 Å². The van der Waals surface area contributed by atoms with E-state index >= 15 is 0 Å². The van der Waals surface area contributed by atoms with Crippen LogP contribution in [0.1, 0.15) is 46.8 Å². The van der Waals surface area contributed by atoms with Gasteiger partial charge in [0.15, 0.2) is 5.52 Å². The Bertz CT molecular complexity index is 1590. The first-order valence-corrected chi connectivity index (χ1v) is 13.0. The number of aromatic nitrogens is 6. The van der Waals surface area contributed by atoms with Gasteiger partial charge in [0, 0.05) is 45.0 Å². The SMILES string of the molecule is CNC1CCc2cc(-c3c4ncn(CC5(O)CCN(C(=O)c6cnn(C)c6)CC5)c(=O)c4nn3C)ccc21. The second-order valence-electron chi connectivity index (χ2n) is 10.6. The molecular formula is C27H32N8O3. The molecule has 11 heteroatoms. The van der Waals surface area contributed by atoms with Crippen molar-refractivity contribution >= 4 is 16.9 Å². The van der Waals surface area contributed by atoms with Crippen molar-refractivity contribution < 1.29 is 9.90 Å². The number of aliphatic hydroxyl groups is 1. The van der Waals surface area contributed by atoms with Crippen molar-refractivity contribution in [1.82, 2.24) is 39.3 Å². The zero-order chi connectivity index (χ0) is 26.6. The quantitative estimate of drug-likeness (QED) is 0.411. The van der Waals surface area contributed by atoms with E-state index in [4.69, 9.17) is 0 Å². The number of carbonyl (C=O) groups excluding carboxylic acids is 1. The number of rotatable bonds is 5. The molecule has 3 aromatic heterocycles. The summed E-state index contributed by atoms with van der Waals surface area (Å²) >= 11 is 0. The number of amides is 1. The smallest absolute Gasteiger partial charge is 0.281 e. The molecule has 1 saturated heterocycles. The molecule has 1 amide bonds. The standard InChI is InChI=1S/C27H32N8O3/c1-28-21-7-5-17-12-18(4-6-20(17)21)24-22-23(31-33(24)3)26(37)35(16-29-22)15-27(38)8-10-34(11-9-27)25(36)19-13-30-32(2)14-19/h4,6,12-14,16,21,28,38H,5,7-11,15H2,1-3H3. The molecule has 2 N–H and O–H groups in total. The van der Waals surface area contributed by atoms with Crippen LogP contribution in [-0.4, -0.2) is 70.8 Å². The molecule has 0 bridgehead atoms. The number of nitrogens with zero attached hydrogens (tertiary/aromatic N) is 7. The largest absolute Gasteiger partial charge is 0.388 e. The van der Waals surface area contributed by atoms with Crippen molar-refractivity contribution in [3.63, 3.8) is 0 Å². The van der Waals surface area contributed by atoms with Crippen molar-refractivity contribution in [2.24, 2.45) is 14.1 Å². The summed E-state index contributed by atoms with van der Waals surface area (Å²) in [6, 6.07) is 6.78. The summed E-state index contributed by atoms with van der Waals surface area (Å²) in [6.07, 6.45) is 7.54. The van der Waals surface area contributed by atoms with E-state index in [0.29, 0.717) is 43.1 Å². The molecule has 4 aromatic rings. The minimum Gasteiger partial charge on any atom is -0.388 e. The van der Waals surface area contributed by atoms with Gasteiger partial charge >= 0.3 is 0 Å². The van der Waals surface area contributed by atoms with E-state index in [2.05, 4.69) is 38.7 Å². The lowest BCUT2D eigenvalue weighted by Gasteiger charge is -2.38. The fraction of sp³-hybridized carbons (Fsp3) is 0.444. The predicted octanol–water partition coefficient (Wildman–Crippen LogP) is 1.40. The summed E-state index contributed by atoms with van der Waals surface area (Å²) in [5.74, 6) is -0.102. The molecule has 11 nitrogen and oxygen atoms in total. The number of hydrogen-bond donors (Lipinski definition) is 2. The van der Waals surface area contributed by atoms with Crippen LogP contribution in [0, 0.1) is 0 Å². The number of nitrogens with one attached hydrogen (secondary N) is 1. The van der Waals surface area contributed by atoms with Crippen LogP contribution in [0.4, 0.5) is 0 Å². The third-order valence-corrected chi connectivity index (χ3v) is 8.05. The van der Waals surface area contributed by atoms with Gasteiger partial charge in [-0.25, -0.2) is 4.98 Å². The van der Waals surface area contributed by atoms with Crippen LogP contribution in [0.15, 0.2) is 41.7 Å². The highest BCUT2D eigenvalue weighted by molar-refractivity contribution is 5.93. The Hall–Kier alpha value is -3.83. The summed E-state index contributed by atoms with van der Waals surface area (Å²) in [5, 5.41) is 23.2. The monoisotopic (exact) mass is 516 g/mol. The average Bonchev–Trinajstić information content (AvgIpc) is 3.61. The number of hydrogen-bond acceptors (Lipinski definition) is 7. The highest BCUT2D eigenvalue weighted by atomic mass is 16.3. The number of piperidine rings is 1. The van der Waals surface area contributed by atoms with Crippen LogP contribution in [0.3, 0.4) is 0 Å². The Kier molecular flexibility index (Phi) is 5.92. The topological polar surface area (TPSA) is 123 Å². The highest BCUT2D eigenvalue weighted by Crippen LogP contribution is 2.35. The summed E-state index contributed by atoms with van der Waals surface area (Å²) in [4.78, 5) is 32.5. The van der Waals surface area contributed by atoms with Gasteiger partial charge in [-0.15, -0.1) is 0 Å². The maximum atomic E-state index is 13.4. The average molecular weight is 517 g/mol. The van der Waals surface area contributed by atoms with E-state index in [1.165, 1.54) is 22.0 Å². The van der Waals surface area contributed by atoms with Crippen molar-refractivity contribution in [1.29, 1.82) is 0 Å². The van der Waals surface area contributed by atoms with Gasteiger partial charge in [0.1, 0.15) is 5.52 Å². The predicted molar refractivity (Wildman–Crippen MR) is 142 cm³/mol. The number of carbonyl (C=O) groups is 1. The molecule has 1 unspecified atom stereocenters. The van der Waals surface area contributed by atoms with E-state index in [-0.39, 0.29) is 23.5 Å². The van der Waals surface area contributed by atoms with Crippen LogP contribution in [-0.2, 0) is 27.1 Å². The zero-order valence-electron chi connectivity index (χ0n) is 21.9. The van der Waals surface area contributed by atoms with Crippen molar-refractivity contribution in [2.75, 3.05) is 20.1 Å². The lowest BCUT2D eigenvalue weighted by Crippen LogP contribution is -2.49. The molecule has 0 spiro atoms. The van der Waals surface area contributed by atoms with Gasteiger partial charge < -0.3 is 15.3 Å². The molecule has 4 heterocycles. The molecule has 0 radical (unpaired) electrons. The van der Waals surface area contributed by atoms with Crippen LogP contribution in [0.25, 0.3) is 22.3 Å². The second kappa shape index (κ2) is 9.17. The Morgan fingerprint density at radius 1 is 1.21 bits per heavy atom. The lowest BCUT2D eigenvalue weighted by atomic mass is 9.91. The van der Waals surface area contributed by atoms with Crippen LogP contribution in [0.5, 0.6) is 0 Å². The number of aryl methyl sites for hydroxylation is 3. The van der Waals surface area contributed by atoms with E-state index in [9.17, 15) is 14.7 Å². The van der Waals surface area contributed by atoms with Gasteiger partial charge in [0.25, 0.3) is 11.5 Å². The first-order chi connectivity index (χ1) is 18.3. The fourth-order valence-corrected chi connectivity index (χ4v) is 5.91. The summed E-state index contributed by atoms with van der Waals surface area (Å²) in [7, 11) is 5.58. The molecule has 38 heavy (non-hydrogen) atoms. The third-order valence-electron chi connectivity index (χ3n) is 8.05. The molecule has 1 aromatic carbocycles. The Balaban J connectivity index is 1.23. The minimum atomic E-state index is -1.12. The number of fused-ring (bicyclic) bond motifs is 2. The van der Waals surface area contributed by atoms with Gasteiger partial charge in [-0.05, 0) is 49.9 Å². The van der Waals surface area contributed by atoms with E-state index in [1.807, 2.05) is 14.1 Å². The third kappa shape index (κ3) is 4.11. The molecular weight excluding hydrogens is 484 g/mol. The summed E-state index contributed by atoms with van der Waals surface area (Å²) in [5.41, 5.74) is 4.38. The molecule has 6 rings (SSSR count). The number of likely N-dealkylation sites (tertiary alicyclic amines) is 1. The molecule has 1 aliphatic carbocycles. The van der Waals surface area contributed by atoms with E-state index in [0.717, 1.165) is 24.1 Å². The lowest BCUT2D eigenvalue weighted by molar-refractivity contribution is -0.0299. The molecule has 1 aliphatic heterocycles.